The average molecular weight is 262 g/mol. The summed E-state index contributed by atoms with van der Waals surface area (Å²) in [5.41, 5.74) is 0. The summed E-state index contributed by atoms with van der Waals surface area (Å²) in [5.74, 6) is 8.90. The topological polar surface area (TPSA) is 6.48 Å². The van der Waals surface area contributed by atoms with E-state index in [1.807, 2.05) is 0 Å². The van der Waals surface area contributed by atoms with E-state index in [9.17, 15) is 0 Å². The zero-order chi connectivity index (χ0) is 13.8. The van der Waals surface area contributed by atoms with Crippen LogP contribution in [0.4, 0.5) is 0 Å². The quantitative estimate of drug-likeness (QED) is 0.722. The largest absolute Gasteiger partial charge is 0.300 e. The van der Waals surface area contributed by atoms with Gasteiger partial charge in [0.1, 0.15) is 0 Å². The minimum atomic E-state index is 0.506. The van der Waals surface area contributed by atoms with Crippen molar-refractivity contribution in [1.82, 2.24) is 9.80 Å². The van der Waals surface area contributed by atoms with Crippen LogP contribution >= 0.6 is 0 Å². The van der Waals surface area contributed by atoms with Crippen LogP contribution in [0.1, 0.15) is 40.5 Å². The Morgan fingerprint density at radius 3 is 2.21 bits per heavy atom. The van der Waals surface area contributed by atoms with Gasteiger partial charge in [-0.25, -0.2) is 0 Å². The van der Waals surface area contributed by atoms with E-state index in [1.165, 1.54) is 39.0 Å². The van der Waals surface area contributed by atoms with Crippen LogP contribution in [-0.4, -0.2) is 48.6 Å². The molecule has 0 aromatic heterocycles. The Morgan fingerprint density at radius 2 is 1.68 bits per heavy atom. The Labute approximate surface area is 119 Å². The first-order valence-corrected chi connectivity index (χ1v) is 8.01. The van der Waals surface area contributed by atoms with E-state index in [-0.39, 0.29) is 0 Å². The lowest BCUT2D eigenvalue weighted by Crippen LogP contribution is -2.56. The molecular weight excluding hydrogens is 232 g/mol. The van der Waals surface area contributed by atoms with Crippen LogP contribution in [0.25, 0.3) is 0 Å². The minimum Gasteiger partial charge on any atom is -0.300 e. The number of rotatable bonds is 3. The van der Waals surface area contributed by atoms with E-state index in [2.05, 4.69) is 49.3 Å². The molecule has 2 aliphatic rings. The van der Waals surface area contributed by atoms with Crippen molar-refractivity contribution in [3.8, 4) is 11.8 Å². The van der Waals surface area contributed by atoms with Gasteiger partial charge in [-0.05, 0) is 24.7 Å². The van der Waals surface area contributed by atoms with Gasteiger partial charge in [0.2, 0.25) is 0 Å². The predicted octanol–water partition coefficient (Wildman–Crippen LogP) is 2.70. The Hall–Kier alpha value is -0.520. The van der Waals surface area contributed by atoms with Gasteiger partial charge in [0.05, 0.1) is 6.54 Å². The average Bonchev–Trinajstić information content (AvgIpc) is 2.28. The van der Waals surface area contributed by atoms with Crippen molar-refractivity contribution in [3.05, 3.63) is 0 Å². The van der Waals surface area contributed by atoms with Crippen LogP contribution in [0, 0.1) is 29.6 Å². The number of nitrogens with zero attached hydrogens (tertiary/aromatic N) is 2. The third-order valence-corrected chi connectivity index (χ3v) is 4.65. The number of hydrogen-bond donors (Lipinski definition) is 0. The highest BCUT2D eigenvalue weighted by molar-refractivity contribution is 5.04. The molecule has 0 amide bonds. The molecule has 2 heterocycles. The number of hydrogen-bond acceptors (Lipinski definition) is 2. The second-order valence-corrected chi connectivity index (χ2v) is 6.94. The van der Waals surface area contributed by atoms with Crippen molar-refractivity contribution in [2.75, 3.05) is 32.7 Å². The molecule has 2 aliphatic heterocycles. The van der Waals surface area contributed by atoms with E-state index in [4.69, 9.17) is 0 Å². The van der Waals surface area contributed by atoms with E-state index < -0.39 is 0 Å². The van der Waals surface area contributed by atoms with Gasteiger partial charge in [-0.3, -0.25) is 9.80 Å². The zero-order valence-corrected chi connectivity index (χ0v) is 13.2. The molecule has 108 valence electrons. The Morgan fingerprint density at radius 1 is 1.05 bits per heavy atom. The summed E-state index contributed by atoms with van der Waals surface area (Å²) >= 11 is 0. The summed E-state index contributed by atoms with van der Waals surface area (Å²) in [6.07, 6.45) is 2.68. The van der Waals surface area contributed by atoms with Crippen LogP contribution in [0.2, 0.25) is 0 Å². The van der Waals surface area contributed by atoms with Crippen LogP contribution < -0.4 is 0 Å². The molecule has 0 bridgehead atoms. The van der Waals surface area contributed by atoms with E-state index in [1.54, 1.807) is 0 Å². The number of likely N-dealkylation sites (tertiary alicyclic amines) is 2. The summed E-state index contributed by atoms with van der Waals surface area (Å²) in [4.78, 5) is 5.23. The van der Waals surface area contributed by atoms with Crippen molar-refractivity contribution in [2.24, 2.45) is 17.8 Å². The summed E-state index contributed by atoms with van der Waals surface area (Å²) < 4.78 is 0. The monoisotopic (exact) mass is 262 g/mol. The molecule has 2 rings (SSSR count). The molecule has 0 aliphatic carbocycles. The zero-order valence-electron chi connectivity index (χ0n) is 13.2. The summed E-state index contributed by atoms with van der Waals surface area (Å²) in [5, 5.41) is 0. The molecule has 2 saturated heterocycles. The third kappa shape index (κ3) is 4.23. The standard InChI is InChI=1S/C17H30N2/c1-14(2)6-5-9-18-10-7-17(8-11-18)19-12-16(13-19)15(3)4/h14-17H,7-13H2,1-4H3. The van der Waals surface area contributed by atoms with Gasteiger partial charge in [-0.15, -0.1) is 0 Å². The second kappa shape index (κ2) is 6.77. The SMILES string of the molecule is CC(C)C#CCN1CCC(N2CC(C(C)C)C2)CC1. The molecular formula is C17H30N2. The molecule has 0 aromatic rings. The molecule has 19 heavy (non-hydrogen) atoms. The first-order chi connectivity index (χ1) is 9.06. The smallest absolute Gasteiger partial charge is 0.0601 e. The Balaban J connectivity index is 1.65. The molecule has 2 fully saturated rings. The molecule has 0 saturated carbocycles. The van der Waals surface area contributed by atoms with Crippen molar-refractivity contribution < 1.29 is 0 Å². The molecule has 0 aromatic carbocycles. The summed E-state index contributed by atoms with van der Waals surface area (Å²) in [6.45, 7) is 15.2. The van der Waals surface area contributed by atoms with E-state index in [0.29, 0.717) is 5.92 Å². The molecule has 0 spiro atoms. The molecule has 2 nitrogen and oxygen atoms in total. The molecule has 0 atom stereocenters. The van der Waals surface area contributed by atoms with Gasteiger partial charge in [-0.2, -0.15) is 0 Å². The van der Waals surface area contributed by atoms with Crippen LogP contribution in [0.5, 0.6) is 0 Å². The van der Waals surface area contributed by atoms with Crippen molar-refractivity contribution in [2.45, 2.75) is 46.6 Å². The fourth-order valence-corrected chi connectivity index (χ4v) is 3.07. The highest BCUT2D eigenvalue weighted by Crippen LogP contribution is 2.29. The lowest BCUT2D eigenvalue weighted by molar-refractivity contribution is 0.00298. The van der Waals surface area contributed by atoms with Crippen molar-refractivity contribution in [1.29, 1.82) is 0 Å². The van der Waals surface area contributed by atoms with E-state index >= 15 is 0 Å². The maximum atomic E-state index is 3.31. The van der Waals surface area contributed by atoms with Gasteiger partial charge in [0.25, 0.3) is 0 Å². The van der Waals surface area contributed by atoms with Gasteiger partial charge in [0, 0.05) is 38.1 Å². The minimum absolute atomic E-state index is 0.506. The second-order valence-electron chi connectivity index (χ2n) is 6.94. The van der Waals surface area contributed by atoms with Gasteiger partial charge in [-0.1, -0.05) is 39.5 Å². The fraction of sp³-hybridized carbons (Fsp3) is 0.882. The molecule has 2 heteroatoms. The van der Waals surface area contributed by atoms with E-state index in [0.717, 1.165) is 24.4 Å². The normalized spacial score (nSPS) is 23.5. The lowest BCUT2D eigenvalue weighted by Gasteiger charge is -2.48. The van der Waals surface area contributed by atoms with Crippen LogP contribution in [0.15, 0.2) is 0 Å². The number of piperidine rings is 1. The fourth-order valence-electron chi connectivity index (χ4n) is 3.07. The maximum absolute atomic E-state index is 3.31. The molecule has 0 N–H and O–H groups in total. The predicted molar refractivity (Wildman–Crippen MR) is 82.0 cm³/mol. The third-order valence-electron chi connectivity index (χ3n) is 4.65. The molecule has 0 radical (unpaired) electrons. The molecule has 0 unspecified atom stereocenters. The van der Waals surface area contributed by atoms with Gasteiger partial charge < -0.3 is 0 Å². The van der Waals surface area contributed by atoms with Crippen molar-refractivity contribution in [3.63, 3.8) is 0 Å². The van der Waals surface area contributed by atoms with Crippen LogP contribution in [-0.2, 0) is 0 Å². The van der Waals surface area contributed by atoms with Crippen molar-refractivity contribution >= 4 is 0 Å². The first kappa shape index (κ1) is 14.9. The first-order valence-electron chi connectivity index (χ1n) is 8.01. The van der Waals surface area contributed by atoms with Gasteiger partial charge >= 0.3 is 0 Å². The summed E-state index contributed by atoms with van der Waals surface area (Å²) in [7, 11) is 0. The Kier molecular flexibility index (Phi) is 5.30. The van der Waals surface area contributed by atoms with Crippen LogP contribution in [0.3, 0.4) is 0 Å². The highest BCUT2D eigenvalue weighted by atomic mass is 15.2. The highest BCUT2D eigenvalue weighted by Gasteiger charge is 2.34. The lowest BCUT2D eigenvalue weighted by atomic mass is 9.85. The van der Waals surface area contributed by atoms with Gasteiger partial charge in [0.15, 0.2) is 0 Å². The summed E-state index contributed by atoms with van der Waals surface area (Å²) in [6, 6.07) is 0.851. The Bertz CT molecular complexity index is 323. The maximum Gasteiger partial charge on any atom is 0.0601 e.